The van der Waals surface area contributed by atoms with Gasteiger partial charge in [0.25, 0.3) is 5.56 Å². The third kappa shape index (κ3) is 3.91. The van der Waals surface area contributed by atoms with Gasteiger partial charge in [-0.15, -0.1) is 11.3 Å². The van der Waals surface area contributed by atoms with Crippen molar-refractivity contribution in [3.63, 3.8) is 0 Å². The summed E-state index contributed by atoms with van der Waals surface area (Å²) in [4.78, 5) is 34.4. The Morgan fingerprint density at radius 3 is 2.58 bits per heavy atom. The molecule has 1 aromatic carbocycles. The maximum Gasteiger partial charge on any atom is 0.337 e. The number of rotatable bonds is 3. The number of fused-ring (bicyclic) bond motifs is 3. The molecule has 1 N–H and O–H groups in total. The second kappa shape index (κ2) is 7.99. The number of aromatic amines is 1. The zero-order valence-electron chi connectivity index (χ0n) is 19.2. The highest BCUT2D eigenvalue weighted by molar-refractivity contribution is 7.18. The summed E-state index contributed by atoms with van der Waals surface area (Å²) in [7, 11) is 1.35. The Hall–Kier alpha value is -3.19. The maximum atomic E-state index is 13.0. The molecule has 1 aliphatic rings. The summed E-state index contributed by atoms with van der Waals surface area (Å²) in [5, 5.41) is 0.733. The fourth-order valence-electron chi connectivity index (χ4n) is 4.55. The predicted molar refractivity (Wildman–Crippen MR) is 130 cm³/mol. The van der Waals surface area contributed by atoms with Crippen LogP contribution in [0.3, 0.4) is 0 Å². The van der Waals surface area contributed by atoms with Gasteiger partial charge in [-0.2, -0.15) is 0 Å². The number of ether oxygens (including phenoxy) is 1. The molecule has 3 heterocycles. The van der Waals surface area contributed by atoms with Gasteiger partial charge >= 0.3 is 5.97 Å². The van der Waals surface area contributed by atoms with Gasteiger partial charge in [0.05, 0.1) is 18.1 Å². The number of nitrogens with one attached hydrogen (secondary N) is 1. The van der Waals surface area contributed by atoms with E-state index < -0.39 is 0 Å². The lowest BCUT2D eigenvalue weighted by atomic mass is 9.72. The monoisotopic (exact) mass is 462 g/mol. The van der Waals surface area contributed by atoms with Crippen molar-refractivity contribution in [3.05, 3.63) is 62.8 Å². The molecule has 1 aliphatic carbocycles. The van der Waals surface area contributed by atoms with E-state index in [1.807, 2.05) is 6.07 Å². The fraction of sp³-hybridized carbons (Fsp3) is 0.346. The van der Waals surface area contributed by atoms with Crippen LogP contribution in [0.4, 0.5) is 0 Å². The van der Waals surface area contributed by atoms with Gasteiger partial charge in [0, 0.05) is 10.4 Å². The van der Waals surface area contributed by atoms with Crippen molar-refractivity contribution in [2.75, 3.05) is 7.11 Å². The second-order valence-electron chi connectivity index (χ2n) is 9.64. The number of H-pyrrole nitrogens is 1. The molecule has 0 saturated carbocycles. The highest BCUT2D eigenvalue weighted by Crippen LogP contribution is 2.42. The highest BCUT2D eigenvalue weighted by atomic mass is 32.1. The quantitative estimate of drug-likeness (QED) is 0.386. The number of thiophene rings is 1. The lowest BCUT2D eigenvalue weighted by Crippen LogP contribution is -2.26. The average Bonchev–Trinajstić information content (AvgIpc) is 3.42. The van der Waals surface area contributed by atoms with Crippen LogP contribution in [0.2, 0.25) is 0 Å². The molecule has 0 aliphatic heterocycles. The molecule has 1 atom stereocenters. The molecule has 170 valence electrons. The van der Waals surface area contributed by atoms with E-state index in [2.05, 4.69) is 25.8 Å². The average molecular weight is 463 g/mol. The fourth-order valence-corrected chi connectivity index (χ4v) is 5.85. The molecule has 6 nitrogen and oxygen atoms in total. The number of carbonyl (C=O) groups is 1. The van der Waals surface area contributed by atoms with Gasteiger partial charge in [-0.3, -0.25) is 4.79 Å². The van der Waals surface area contributed by atoms with Crippen molar-refractivity contribution in [2.45, 2.75) is 40.0 Å². The van der Waals surface area contributed by atoms with Crippen molar-refractivity contribution in [1.29, 1.82) is 0 Å². The van der Waals surface area contributed by atoms with E-state index in [1.165, 1.54) is 17.6 Å². The van der Waals surface area contributed by atoms with Crippen LogP contribution in [0, 0.1) is 11.3 Å². The zero-order valence-corrected chi connectivity index (χ0v) is 20.0. The van der Waals surface area contributed by atoms with Crippen molar-refractivity contribution < 1.29 is 13.9 Å². The number of nitrogens with zero attached hydrogens (tertiary/aromatic N) is 1. The maximum absolute atomic E-state index is 13.0. The van der Waals surface area contributed by atoms with Gasteiger partial charge in [-0.05, 0) is 60.4 Å². The van der Waals surface area contributed by atoms with Crippen LogP contribution in [-0.4, -0.2) is 23.0 Å². The minimum atomic E-state index is -0.385. The van der Waals surface area contributed by atoms with Gasteiger partial charge in [0.2, 0.25) is 0 Å². The molecular formula is C26H26N2O4S. The van der Waals surface area contributed by atoms with Crippen molar-refractivity contribution in [2.24, 2.45) is 11.3 Å². The molecule has 1 unspecified atom stereocenters. The minimum absolute atomic E-state index is 0.109. The summed E-state index contributed by atoms with van der Waals surface area (Å²) in [6, 6.07) is 10.6. The smallest absolute Gasteiger partial charge is 0.337 e. The molecule has 33 heavy (non-hydrogen) atoms. The topological polar surface area (TPSA) is 85.2 Å². The Labute approximate surface area is 195 Å². The number of hydrogen-bond acceptors (Lipinski definition) is 6. The summed E-state index contributed by atoms with van der Waals surface area (Å²) in [5.74, 6) is 1.78. The molecule has 7 heteroatoms. The van der Waals surface area contributed by atoms with E-state index in [9.17, 15) is 9.59 Å². The van der Waals surface area contributed by atoms with Crippen molar-refractivity contribution in [1.82, 2.24) is 9.97 Å². The Morgan fingerprint density at radius 2 is 1.88 bits per heavy atom. The van der Waals surface area contributed by atoms with E-state index in [4.69, 9.17) is 14.1 Å². The molecular weight excluding hydrogens is 436 g/mol. The first-order valence-corrected chi connectivity index (χ1v) is 11.9. The van der Waals surface area contributed by atoms with Gasteiger partial charge < -0.3 is 14.1 Å². The number of hydrogen-bond donors (Lipinski definition) is 1. The van der Waals surface area contributed by atoms with E-state index in [1.54, 1.807) is 41.7 Å². The summed E-state index contributed by atoms with van der Waals surface area (Å²) < 4.78 is 10.7. The number of furan rings is 1. The van der Waals surface area contributed by atoms with Crippen LogP contribution in [0.15, 0.2) is 45.6 Å². The van der Waals surface area contributed by atoms with E-state index in [-0.39, 0.29) is 16.9 Å². The SMILES string of the molecule is COC(=O)c1ccc(-c2ccc(-c3nc4sc5c(c4c(=O)[nH]3)CCC(C(C)(C)C)C5)o2)cc1. The first-order valence-electron chi connectivity index (χ1n) is 11.1. The Morgan fingerprint density at radius 1 is 1.15 bits per heavy atom. The van der Waals surface area contributed by atoms with E-state index in [0.717, 1.165) is 35.0 Å². The van der Waals surface area contributed by atoms with Crippen molar-refractivity contribution >= 4 is 27.5 Å². The number of benzene rings is 1. The molecule has 0 saturated heterocycles. The molecule has 5 rings (SSSR count). The van der Waals surface area contributed by atoms with Gasteiger partial charge in [0.15, 0.2) is 11.6 Å². The largest absolute Gasteiger partial charge is 0.465 e. The first-order chi connectivity index (χ1) is 15.7. The Balaban J connectivity index is 1.47. The number of carbonyl (C=O) groups excluding carboxylic acids is 1. The summed E-state index contributed by atoms with van der Waals surface area (Å²) >= 11 is 1.64. The van der Waals surface area contributed by atoms with Gasteiger partial charge in [0.1, 0.15) is 10.6 Å². The normalized spacial score (nSPS) is 16.1. The molecule has 0 amide bonds. The number of aryl methyl sites for hydroxylation is 1. The van der Waals surface area contributed by atoms with Crippen LogP contribution < -0.4 is 5.56 Å². The lowest BCUT2D eigenvalue weighted by Gasteiger charge is -2.33. The van der Waals surface area contributed by atoms with Crippen LogP contribution in [0.1, 0.15) is 48.0 Å². The summed E-state index contributed by atoms with van der Waals surface area (Å²) in [6.07, 6.45) is 3.02. The zero-order chi connectivity index (χ0) is 23.3. The molecule has 4 aromatic rings. The summed E-state index contributed by atoms with van der Waals surface area (Å²) in [5.41, 5.74) is 2.60. The number of esters is 1. The van der Waals surface area contributed by atoms with Crippen LogP contribution in [0.25, 0.3) is 33.1 Å². The third-order valence-electron chi connectivity index (χ3n) is 6.57. The second-order valence-corrected chi connectivity index (χ2v) is 10.7. The van der Waals surface area contributed by atoms with E-state index >= 15 is 0 Å². The van der Waals surface area contributed by atoms with Gasteiger partial charge in [-0.25, -0.2) is 9.78 Å². The highest BCUT2D eigenvalue weighted by Gasteiger charge is 2.31. The third-order valence-corrected chi connectivity index (χ3v) is 7.72. The molecule has 0 fully saturated rings. The van der Waals surface area contributed by atoms with Crippen LogP contribution in [0.5, 0.6) is 0 Å². The number of methoxy groups -OCH3 is 1. The molecule has 0 bridgehead atoms. The molecule has 0 spiro atoms. The first kappa shape index (κ1) is 21.6. The number of aromatic nitrogens is 2. The Kier molecular flexibility index (Phi) is 5.24. The van der Waals surface area contributed by atoms with E-state index in [0.29, 0.717) is 28.8 Å². The van der Waals surface area contributed by atoms with Gasteiger partial charge in [-0.1, -0.05) is 32.9 Å². The van der Waals surface area contributed by atoms with Crippen molar-refractivity contribution in [3.8, 4) is 22.9 Å². The minimum Gasteiger partial charge on any atom is -0.465 e. The Bertz CT molecular complexity index is 1400. The molecule has 0 radical (unpaired) electrons. The molecule has 3 aromatic heterocycles. The predicted octanol–water partition coefficient (Wildman–Crippen LogP) is 5.85. The lowest BCUT2D eigenvalue weighted by molar-refractivity contribution is 0.0600. The standard InChI is InChI=1S/C26H26N2O4S/c1-26(2,3)16-9-10-17-20(13-16)33-24-21(17)23(29)27-22(28-24)19-12-11-18(32-19)14-5-7-15(8-6-14)25(30)31-4/h5-8,11-12,16H,9-10,13H2,1-4H3,(H,27,28,29). The van der Waals surface area contributed by atoms with Crippen LogP contribution in [-0.2, 0) is 17.6 Å². The van der Waals surface area contributed by atoms with Crippen LogP contribution >= 0.6 is 11.3 Å². The summed E-state index contributed by atoms with van der Waals surface area (Å²) in [6.45, 7) is 6.86.